The molecule has 3 rings (SSSR count). The van der Waals surface area contributed by atoms with Gasteiger partial charge < -0.3 is 15.5 Å². The van der Waals surface area contributed by atoms with Crippen LogP contribution in [0.5, 0.6) is 0 Å². The molecule has 7 nitrogen and oxygen atoms in total. The van der Waals surface area contributed by atoms with E-state index in [4.69, 9.17) is 0 Å². The van der Waals surface area contributed by atoms with Crippen molar-refractivity contribution < 1.29 is 13.6 Å². The molecular formula is C20H27F2IN6O. The maximum absolute atomic E-state index is 12.9. The molecule has 1 saturated heterocycles. The first kappa shape index (κ1) is 24.0. The Balaban J connectivity index is 0.00000320. The number of likely N-dealkylation sites (tertiary alicyclic amines) is 1. The van der Waals surface area contributed by atoms with E-state index in [2.05, 4.69) is 32.7 Å². The van der Waals surface area contributed by atoms with Gasteiger partial charge in [0.1, 0.15) is 5.82 Å². The van der Waals surface area contributed by atoms with Crippen LogP contribution in [0.1, 0.15) is 24.4 Å². The van der Waals surface area contributed by atoms with Crippen molar-refractivity contribution in [1.82, 2.24) is 25.1 Å². The molecule has 0 radical (unpaired) electrons. The lowest BCUT2D eigenvalue weighted by Gasteiger charge is -2.18. The molecule has 30 heavy (non-hydrogen) atoms. The Bertz CT molecular complexity index is 830. The standard InChI is InChI=1S/C20H26F2N6O.HI/c1-23-20(26-13-17-24-8-10-28(17)19(21)22)25-12-16-11-18(29)27(14-16)9-7-15-5-3-2-4-6-15;/h2-6,8,10,16,19H,7,9,11-14H2,1H3,(H2,23,25,26);1H. The number of benzene rings is 1. The van der Waals surface area contributed by atoms with Crippen LogP contribution in [0.3, 0.4) is 0 Å². The average Bonchev–Trinajstić information content (AvgIpc) is 3.34. The molecule has 2 heterocycles. The van der Waals surface area contributed by atoms with Crippen LogP contribution < -0.4 is 10.6 Å². The quantitative estimate of drug-likeness (QED) is 0.312. The van der Waals surface area contributed by atoms with Gasteiger partial charge in [0, 0.05) is 51.4 Å². The second-order valence-electron chi connectivity index (χ2n) is 6.98. The number of alkyl halides is 2. The highest BCUT2D eigenvalue weighted by Crippen LogP contribution is 2.17. The molecule has 0 aliphatic carbocycles. The number of hydrogen-bond donors (Lipinski definition) is 2. The summed E-state index contributed by atoms with van der Waals surface area (Å²) in [5, 5.41) is 6.16. The smallest absolute Gasteiger partial charge is 0.319 e. The van der Waals surface area contributed by atoms with E-state index in [-0.39, 0.29) is 48.2 Å². The van der Waals surface area contributed by atoms with Crippen molar-refractivity contribution in [2.24, 2.45) is 10.9 Å². The predicted octanol–water partition coefficient (Wildman–Crippen LogP) is 2.65. The Morgan fingerprint density at radius 3 is 2.77 bits per heavy atom. The van der Waals surface area contributed by atoms with Gasteiger partial charge in [-0.25, -0.2) is 4.98 Å². The Labute approximate surface area is 192 Å². The van der Waals surface area contributed by atoms with E-state index in [0.717, 1.165) is 11.0 Å². The van der Waals surface area contributed by atoms with Gasteiger partial charge in [-0.3, -0.25) is 14.4 Å². The summed E-state index contributed by atoms with van der Waals surface area (Å²) in [5.41, 5.74) is 1.22. The monoisotopic (exact) mass is 532 g/mol. The second-order valence-corrected chi connectivity index (χ2v) is 6.98. The summed E-state index contributed by atoms with van der Waals surface area (Å²) < 4.78 is 26.6. The molecule has 1 unspecified atom stereocenters. The zero-order valence-electron chi connectivity index (χ0n) is 16.8. The summed E-state index contributed by atoms with van der Waals surface area (Å²) >= 11 is 0. The summed E-state index contributed by atoms with van der Waals surface area (Å²) in [6, 6.07) is 10.1. The van der Waals surface area contributed by atoms with Gasteiger partial charge >= 0.3 is 6.55 Å². The van der Waals surface area contributed by atoms with Crippen LogP contribution >= 0.6 is 24.0 Å². The van der Waals surface area contributed by atoms with Crippen LogP contribution in [0.4, 0.5) is 8.78 Å². The summed E-state index contributed by atoms with van der Waals surface area (Å²) in [5.74, 6) is 1.06. The zero-order valence-corrected chi connectivity index (χ0v) is 19.1. The predicted molar refractivity (Wildman–Crippen MR) is 122 cm³/mol. The van der Waals surface area contributed by atoms with Gasteiger partial charge in [-0.05, 0) is 12.0 Å². The van der Waals surface area contributed by atoms with Crippen molar-refractivity contribution in [3.05, 3.63) is 54.1 Å². The van der Waals surface area contributed by atoms with Crippen LogP contribution in [-0.2, 0) is 17.8 Å². The number of amides is 1. The molecule has 1 atom stereocenters. The zero-order chi connectivity index (χ0) is 20.6. The maximum atomic E-state index is 12.9. The number of halogens is 3. The minimum absolute atomic E-state index is 0. The number of rotatable bonds is 8. The molecule has 164 valence electrons. The lowest BCUT2D eigenvalue weighted by atomic mass is 10.1. The fourth-order valence-corrected chi connectivity index (χ4v) is 3.40. The van der Waals surface area contributed by atoms with Crippen molar-refractivity contribution in [2.75, 3.05) is 26.7 Å². The van der Waals surface area contributed by atoms with Crippen LogP contribution in [0.15, 0.2) is 47.7 Å². The van der Waals surface area contributed by atoms with Gasteiger partial charge in [0.25, 0.3) is 0 Å². The van der Waals surface area contributed by atoms with Crippen LogP contribution in [-0.4, -0.2) is 53.0 Å². The number of aliphatic imine (C=N–C) groups is 1. The minimum atomic E-state index is -2.63. The Hall–Kier alpha value is -2.24. The van der Waals surface area contributed by atoms with Crippen LogP contribution in [0, 0.1) is 5.92 Å². The highest BCUT2D eigenvalue weighted by Gasteiger charge is 2.29. The lowest BCUT2D eigenvalue weighted by Crippen LogP contribution is -2.40. The van der Waals surface area contributed by atoms with Crippen molar-refractivity contribution >= 4 is 35.8 Å². The van der Waals surface area contributed by atoms with Crippen LogP contribution in [0.2, 0.25) is 0 Å². The first-order chi connectivity index (χ1) is 14.1. The molecule has 1 amide bonds. The summed E-state index contributed by atoms with van der Waals surface area (Å²) in [6.07, 6.45) is 3.92. The molecule has 0 saturated carbocycles. The molecular weight excluding hydrogens is 505 g/mol. The molecule has 10 heteroatoms. The van der Waals surface area contributed by atoms with E-state index in [1.54, 1.807) is 7.05 Å². The highest BCUT2D eigenvalue weighted by atomic mass is 127. The number of carbonyl (C=O) groups excluding carboxylic acids is 1. The van der Waals surface area contributed by atoms with E-state index in [1.807, 2.05) is 23.1 Å². The molecule has 1 fully saturated rings. The van der Waals surface area contributed by atoms with E-state index in [9.17, 15) is 13.6 Å². The SMILES string of the molecule is CN=C(NCc1nccn1C(F)F)NCC1CC(=O)N(CCc2ccccc2)C1.I. The van der Waals surface area contributed by atoms with Gasteiger partial charge in [-0.2, -0.15) is 8.78 Å². The second kappa shape index (κ2) is 11.8. The molecule has 1 aromatic carbocycles. The van der Waals surface area contributed by atoms with E-state index < -0.39 is 6.55 Å². The number of carbonyl (C=O) groups is 1. The summed E-state index contributed by atoms with van der Waals surface area (Å²) in [4.78, 5) is 22.2. The maximum Gasteiger partial charge on any atom is 0.319 e. The summed E-state index contributed by atoms with van der Waals surface area (Å²) in [6.45, 7) is -0.510. The normalized spacial score (nSPS) is 16.7. The van der Waals surface area contributed by atoms with Crippen molar-refractivity contribution in [1.29, 1.82) is 0 Å². The third-order valence-electron chi connectivity index (χ3n) is 4.96. The molecule has 1 aliphatic heterocycles. The molecule has 0 spiro atoms. The third kappa shape index (κ3) is 6.64. The van der Waals surface area contributed by atoms with E-state index in [1.165, 1.54) is 18.0 Å². The fourth-order valence-electron chi connectivity index (χ4n) is 3.40. The lowest BCUT2D eigenvalue weighted by molar-refractivity contribution is -0.127. The third-order valence-corrected chi connectivity index (χ3v) is 4.96. The van der Waals surface area contributed by atoms with Gasteiger partial charge in [-0.15, -0.1) is 24.0 Å². The number of imidazole rings is 1. The molecule has 1 aliphatic rings. The highest BCUT2D eigenvalue weighted by molar-refractivity contribution is 14.0. The first-order valence-corrected chi connectivity index (χ1v) is 9.63. The minimum Gasteiger partial charge on any atom is -0.356 e. The number of aromatic nitrogens is 2. The van der Waals surface area contributed by atoms with Gasteiger partial charge in [0.2, 0.25) is 5.91 Å². The van der Waals surface area contributed by atoms with Crippen LogP contribution in [0.25, 0.3) is 0 Å². The number of hydrogen-bond acceptors (Lipinski definition) is 3. The first-order valence-electron chi connectivity index (χ1n) is 9.63. The van der Waals surface area contributed by atoms with Gasteiger partial charge in [0.15, 0.2) is 5.96 Å². The largest absolute Gasteiger partial charge is 0.356 e. The van der Waals surface area contributed by atoms with Gasteiger partial charge in [-0.1, -0.05) is 30.3 Å². The number of nitrogens with one attached hydrogen (secondary N) is 2. The molecule has 1 aromatic heterocycles. The number of nitrogens with zero attached hydrogens (tertiary/aromatic N) is 4. The van der Waals surface area contributed by atoms with Gasteiger partial charge in [0.05, 0.1) is 6.54 Å². The fraction of sp³-hybridized carbons (Fsp3) is 0.450. The van der Waals surface area contributed by atoms with Crippen molar-refractivity contribution in [3.63, 3.8) is 0 Å². The Morgan fingerprint density at radius 1 is 1.30 bits per heavy atom. The van der Waals surface area contributed by atoms with E-state index >= 15 is 0 Å². The molecule has 0 bridgehead atoms. The Kier molecular flexibility index (Phi) is 9.47. The number of guanidine groups is 1. The molecule has 2 aromatic rings. The van der Waals surface area contributed by atoms with Crippen molar-refractivity contribution in [2.45, 2.75) is 25.9 Å². The topological polar surface area (TPSA) is 74.5 Å². The summed E-state index contributed by atoms with van der Waals surface area (Å²) in [7, 11) is 1.61. The Morgan fingerprint density at radius 2 is 2.07 bits per heavy atom. The average molecular weight is 532 g/mol. The molecule has 2 N–H and O–H groups in total. The van der Waals surface area contributed by atoms with Crippen molar-refractivity contribution in [3.8, 4) is 0 Å². The van der Waals surface area contributed by atoms with E-state index in [0.29, 0.717) is 32.0 Å².